The fourth-order valence-electron chi connectivity index (χ4n) is 4.88. The van der Waals surface area contributed by atoms with Crippen LogP contribution in [0.3, 0.4) is 0 Å². The highest BCUT2D eigenvalue weighted by atomic mass is 16.5. The lowest BCUT2D eigenvalue weighted by atomic mass is 9.86. The van der Waals surface area contributed by atoms with E-state index in [2.05, 4.69) is 48.2 Å². The lowest BCUT2D eigenvalue weighted by molar-refractivity contribution is 0.183. The van der Waals surface area contributed by atoms with Crippen LogP contribution in [0.25, 0.3) is 11.1 Å². The maximum Gasteiger partial charge on any atom is 0.150 e. The first-order valence-electron chi connectivity index (χ1n) is 11.9. The monoisotopic (exact) mass is 441 g/mol. The minimum atomic E-state index is -0.260. The number of allylic oxidation sites excluding steroid dienone is 1. The first-order chi connectivity index (χ1) is 16.2. The predicted octanol–water partition coefficient (Wildman–Crippen LogP) is 6.32. The lowest BCUT2D eigenvalue weighted by Gasteiger charge is -2.31. The van der Waals surface area contributed by atoms with Gasteiger partial charge in [0.05, 0.1) is 0 Å². The Morgan fingerprint density at radius 3 is 2.45 bits per heavy atom. The van der Waals surface area contributed by atoms with Crippen molar-refractivity contribution in [1.29, 1.82) is 0 Å². The Hall–Kier alpha value is -3.24. The number of aromatic hydroxyl groups is 1. The van der Waals surface area contributed by atoms with Crippen LogP contribution in [0.15, 0.2) is 72.8 Å². The van der Waals surface area contributed by atoms with Crippen LogP contribution in [-0.4, -0.2) is 36.2 Å². The van der Waals surface area contributed by atoms with Gasteiger partial charge in [0.15, 0.2) is 0 Å². The molecule has 170 valence electrons. The van der Waals surface area contributed by atoms with Gasteiger partial charge in [-0.1, -0.05) is 48.9 Å². The zero-order valence-corrected chi connectivity index (χ0v) is 19.2. The normalized spacial score (nSPS) is 18.5. The van der Waals surface area contributed by atoms with Crippen LogP contribution < -0.4 is 9.47 Å². The van der Waals surface area contributed by atoms with E-state index < -0.39 is 0 Å². The van der Waals surface area contributed by atoms with Crippen LogP contribution in [0.1, 0.15) is 49.0 Å². The molecule has 2 aliphatic rings. The van der Waals surface area contributed by atoms with Crippen LogP contribution in [0.5, 0.6) is 17.2 Å². The van der Waals surface area contributed by atoms with E-state index in [0.29, 0.717) is 12.4 Å². The highest BCUT2D eigenvalue weighted by molar-refractivity contribution is 5.95. The summed E-state index contributed by atoms with van der Waals surface area (Å²) in [7, 11) is 0. The number of nitrogens with zero attached hydrogens (tertiary/aromatic N) is 1. The van der Waals surface area contributed by atoms with Gasteiger partial charge < -0.3 is 14.6 Å². The van der Waals surface area contributed by atoms with E-state index in [1.165, 1.54) is 32.4 Å². The van der Waals surface area contributed by atoms with E-state index in [-0.39, 0.29) is 11.9 Å². The van der Waals surface area contributed by atoms with Crippen molar-refractivity contribution < 1.29 is 14.6 Å². The van der Waals surface area contributed by atoms with E-state index in [1.54, 1.807) is 12.1 Å². The Balaban J connectivity index is 1.38. The molecule has 3 aromatic rings. The van der Waals surface area contributed by atoms with Gasteiger partial charge in [-0.25, -0.2) is 0 Å². The fraction of sp³-hybridized carbons (Fsp3) is 0.310. The summed E-state index contributed by atoms with van der Waals surface area (Å²) in [6, 6.07) is 24.0. The number of phenolic OH excluding ortho intramolecular Hbond substituents is 1. The van der Waals surface area contributed by atoms with Crippen LogP contribution in [0.2, 0.25) is 0 Å². The number of hydrogen-bond donors (Lipinski definition) is 1. The van der Waals surface area contributed by atoms with Crippen molar-refractivity contribution in [3.63, 3.8) is 0 Å². The molecule has 4 heteroatoms. The van der Waals surface area contributed by atoms with Crippen molar-refractivity contribution >= 4 is 11.1 Å². The molecule has 2 heterocycles. The molecule has 5 rings (SSSR count). The number of rotatable bonds is 6. The summed E-state index contributed by atoms with van der Waals surface area (Å²) in [5, 5.41) is 10.0. The maximum atomic E-state index is 10.0. The largest absolute Gasteiger partial charge is 0.508 e. The summed E-state index contributed by atoms with van der Waals surface area (Å²) in [5.74, 6) is 1.80. The number of likely N-dealkylation sites (tertiary alicyclic amines) is 1. The summed E-state index contributed by atoms with van der Waals surface area (Å²) < 4.78 is 12.5. The Bertz CT molecular complexity index is 1120. The molecule has 0 amide bonds. The summed E-state index contributed by atoms with van der Waals surface area (Å²) >= 11 is 0. The minimum absolute atomic E-state index is 0.209. The standard InChI is InChI=1S/C29H31NO3/c1-21-26-15-12-24(31)20-27(26)33-29(28(21)22-8-4-2-5-9-22)23-10-13-25(14-11-23)32-19-18-30-16-6-3-7-17-30/h2,4-5,8-15,20,29,31H,3,6-7,16-19H2,1H3/t29-/m0/s1. The zero-order valence-electron chi connectivity index (χ0n) is 19.2. The second-order valence-electron chi connectivity index (χ2n) is 8.90. The van der Waals surface area contributed by atoms with E-state index in [9.17, 15) is 5.11 Å². The van der Waals surface area contributed by atoms with Crippen molar-refractivity contribution in [3.05, 3.63) is 89.5 Å². The van der Waals surface area contributed by atoms with Crippen LogP contribution in [0.4, 0.5) is 0 Å². The molecule has 0 aromatic heterocycles. The van der Waals surface area contributed by atoms with Gasteiger partial charge in [-0.05, 0) is 73.8 Å². The van der Waals surface area contributed by atoms with Gasteiger partial charge in [-0.2, -0.15) is 0 Å². The van der Waals surface area contributed by atoms with Crippen molar-refractivity contribution in [1.82, 2.24) is 4.90 Å². The number of piperidine rings is 1. The van der Waals surface area contributed by atoms with Gasteiger partial charge in [0.1, 0.15) is 30.0 Å². The molecule has 2 aliphatic heterocycles. The third kappa shape index (κ3) is 4.76. The molecule has 0 bridgehead atoms. The molecule has 0 unspecified atom stereocenters. The number of fused-ring (bicyclic) bond motifs is 1. The average Bonchev–Trinajstić information content (AvgIpc) is 2.85. The Morgan fingerprint density at radius 1 is 0.939 bits per heavy atom. The SMILES string of the molecule is CC1=C(c2ccccc2)[C@H](c2ccc(OCCN3CCCCC3)cc2)Oc2cc(O)ccc21. The molecule has 1 N–H and O–H groups in total. The van der Waals surface area contributed by atoms with Crippen molar-refractivity contribution in [2.75, 3.05) is 26.2 Å². The number of phenols is 1. The molecule has 1 saturated heterocycles. The maximum absolute atomic E-state index is 10.0. The molecule has 0 saturated carbocycles. The minimum Gasteiger partial charge on any atom is -0.508 e. The van der Waals surface area contributed by atoms with Crippen molar-refractivity contribution in [3.8, 4) is 17.2 Å². The van der Waals surface area contributed by atoms with E-state index in [4.69, 9.17) is 9.47 Å². The van der Waals surface area contributed by atoms with Crippen molar-refractivity contribution in [2.24, 2.45) is 0 Å². The smallest absolute Gasteiger partial charge is 0.150 e. The molecule has 0 radical (unpaired) electrons. The van der Waals surface area contributed by atoms with Crippen LogP contribution in [-0.2, 0) is 0 Å². The predicted molar refractivity (Wildman–Crippen MR) is 133 cm³/mol. The molecular formula is C29H31NO3. The van der Waals surface area contributed by atoms with Gasteiger partial charge in [0.2, 0.25) is 0 Å². The first kappa shape index (κ1) is 21.6. The molecule has 0 spiro atoms. The summed E-state index contributed by atoms with van der Waals surface area (Å²) in [5.41, 5.74) is 5.52. The molecule has 1 fully saturated rings. The van der Waals surface area contributed by atoms with Crippen LogP contribution >= 0.6 is 0 Å². The van der Waals surface area contributed by atoms with Gasteiger partial charge in [0.25, 0.3) is 0 Å². The van der Waals surface area contributed by atoms with Crippen molar-refractivity contribution in [2.45, 2.75) is 32.3 Å². The topological polar surface area (TPSA) is 41.9 Å². The Kier molecular flexibility index (Phi) is 6.36. The molecule has 4 nitrogen and oxygen atoms in total. The van der Waals surface area contributed by atoms with Gasteiger partial charge in [-0.15, -0.1) is 0 Å². The molecule has 1 atom stereocenters. The molecular weight excluding hydrogens is 410 g/mol. The van der Waals surface area contributed by atoms with Gasteiger partial charge >= 0.3 is 0 Å². The quantitative estimate of drug-likeness (QED) is 0.486. The van der Waals surface area contributed by atoms with E-state index in [0.717, 1.165) is 40.1 Å². The highest BCUT2D eigenvalue weighted by Crippen LogP contribution is 2.47. The molecule has 3 aromatic carbocycles. The highest BCUT2D eigenvalue weighted by Gasteiger charge is 2.29. The molecule has 33 heavy (non-hydrogen) atoms. The lowest BCUT2D eigenvalue weighted by Crippen LogP contribution is -2.33. The zero-order chi connectivity index (χ0) is 22.6. The average molecular weight is 442 g/mol. The summed E-state index contributed by atoms with van der Waals surface area (Å²) in [6.45, 7) is 6.19. The van der Waals surface area contributed by atoms with E-state index in [1.807, 2.05) is 24.3 Å². The molecule has 0 aliphatic carbocycles. The second-order valence-corrected chi connectivity index (χ2v) is 8.90. The van der Waals surface area contributed by atoms with E-state index >= 15 is 0 Å². The fourth-order valence-corrected chi connectivity index (χ4v) is 4.88. The Morgan fingerprint density at radius 2 is 1.70 bits per heavy atom. The third-order valence-corrected chi connectivity index (χ3v) is 6.67. The summed E-state index contributed by atoms with van der Waals surface area (Å²) in [6.07, 6.45) is 3.69. The van der Waals surface area contributed by atoms with Gasteiger partial charge in [0, 0.05) is 23.7 Å². The third-order valence-electron chi connectivity index (χ3n) is 6.67. The number of hydrogen-bond acceptors (Lipinski definition) is 4. The van der Waals surface area contributed by atoms with Gasteiger partial charge in [-0.3, -0.25) is 4.90 Å². The number of benzene rings is 3. The summed E-state index contributed by atoms with van der Waals surface area (Å²) in [4.78, 5) is 2.49. The number of ether oxygens (including phenoxy) is 2. The van der Waals surface area contributed by atoms with Crippen LogP contribution in [0, 0.1) is 0 Å². The Labute approximate surface area is 196 Å². The second kappa shape index (κ2) is 9.72. The first-order valence-corrected chi connectivity index (χ1v) is 11.9.